The Hall–Kier alpha value is -2.37. The standard InChI is InChI=1S/C16H17FN2O3/c1-9(20)18-13-4-2-3-11-12-7-10(17)5-6-14(12)19(16(11)13)8-15(21)22/h5-7,13H,2-4,8H2,1H3,(H,18,20)(H,21,22). The van der Waals surface area contributed by atoms with E-state index in [9.17, 15) is 19.1 Å². The lowest BCUT2D eigenvalue weighted by atomic mass is 9.91. The van der Waals surface area contributed by atoms with Gasteiger partial charge < -0.3 is 15.0 Å². The van der Waals surface area contributed by atoms with Crippen LogP contribution in [0.15, 0.2) is 18.2 Å². The number of halogens is 1. The van der Waals surface area contributed by atoms with Crippen molar-refractivity contribution in [3.05, 3.63) is 35.3 Å². The van der Waals surface area contributed by atoms with Crippen molar-refractivity contribution in [1.29, 1.82) is 0 Å². The van der Waals surface area contributed by atoms with E-state index in [4.69, 9.17) is 0 Å². The Morgan fingerprint density at radius 1 is 1.45 bits per heavy atom. The van der Waals surface area contributed by atoms with Crippen molar-refractivity contribution in [2.45, 2.75) is 38.8 Å². The molecule has 1 unspecified atom stereocenters. The minimum Gasteiger partial charge on any atom is -0.480 e. The fourth-order valence-electron chi connectivity index (χ4n) is 3.39. The van der Waals surface area contributed by atoms with Crippen LogP contribution in [0.4, 0.5) is 4.39 Å². The van der Waals surface area contributed by atoms with Crippen molar-refractivity contribution in [2.24, 2.45) is 0 Å². The SMILES string of the molecule is CC(=O)NC1CCCc2c1n(CC(=O)O)c1ccc(F)cc21. The Bertz CT molecular complexity index is 766. The molecule has 0 radical (unpaired) electrons. The van der Waals surface area contributed by atoms with E-state index in [1.165, 1.54) is 19.1 Å². The molecule has 2 aromatic rings. The first kappa shape index (κ1) is 14.6. The van der Waals surface area contributed by atoms with Crippen LogP contribution >= 0.6 is 0 Å². The molecule has 1 aromatic heterocycles. The van der Waals surface area contributed by atoms with E-state index >= 15 is 0 Å². The molecule has 2 N–H and O–H groups in total. The lowest BCUT2D eigenvalue weighted by Crippen LogP contribution is -2.31. The van der Waals surface area contributed by atoms with Crippen molar-refractivity contribution in [3.8, 4) is 0 Å². The quantitative estimate of drug-likeness (QED) is 0.914. The van der Waals surface area contributed by atoms with Gasteiger partial charge in [-0.3, -0.25) is 9.59 Å². The minimum absolute atomic E-state index is 0.156. The molecule has 0 saturated carbocycles. The summed E-state index contributed by atoms with van der Waals surface area (Å²) >= 11 is 0. The van der Waals surface area contributed by atoms with Gasteiger partial charge in [0.05, 0.1) is 6.04 Å². The van der Waals surface area contributed by atoms with Crippen LogP contribution in [0, 0.1) is 5.82 Å². The Labute approximate surface area is 126 Å². The number of carboxylic acid groups (broad SMARTS) is 1. The highest BCUT2D eigenvalue weighted by Crippen LogP contribution is 2.37. The molecule has 1 aliphatic carbocycles. The molecule has 3 rings (SSSR count). The minimum atomic E-state index is -0.962. The molecule has 0 spiro atoms. The number of carbonyl (C=O) groups is 2. The summed E-state index contributed by atoms with van der Waals surface area (Å²) in [6.07, 6.45) is 2.39. The molecule has 22 heavy (non-hydrogen) atoms. The van der Waals surface area contributed by atoms with E-state index < -0.39 is 5.97 Å². The van der Waals surface area contributed by atoms with Gasteiger partial charge in [0.25, 0.3) is 0 Å². The van der Waals surface area contributed by atoms with Crippen molar-refractivity contribution in [1.82, 2.24) is 9.88 Å². The highest BCUT2D eigenvalue weighted by atomic mass is 19.1. The number of nitrogens with zero attached hydrogens (tertiary/aromatic N) is 1. The third kappa shape index (κ3) is 2.45. The van der Waals surface area contributed by atoms with Crippen LogP contribution in [-0.4, -0.2) is 21.6 Å². The topological polar surface area (TPSA) is 71.3 Å². The average molecular weight is 304 g/mol. The van der Waals surface area contributed by atoms with E-state index in [0.717, 1.165) is 35.9 Å². The summed E-state index contributed by atoms with van der Waals surface area (Å²) in [5.41, 5.74) is 2.44. The van der Waals surface area contributed by atoms with Crippen molar-refractivity contribution < 1.29 is 19.1 Å². The number of nitrogens with one attached hydrogen (secondary N) is 1. The predicted molar refractivity (Wildman–Crippen MR) is 79.0 cm³/mol. The smallest absolute Gasteiger partial charge is 0.323 e. The number of hydrogen-bond acceptors (Lipinski definition) is 2. The molecule has 0 aliphatic heterocycles. The van der Waals surface area contributed by atoms with Crippen LogP contribution in [-0.2, 0) is 22.6 Å². The summed E-state index contributed by atoms with van der Waals surface area (Å²) in [5.74, 6) is -1.46. The summed E-state index contributed by atoms with van der Waals surface area (Å²) in [7, 11) is 0. The maximum Gasteiger partial charge on any atom is 0.323 e. The van der Waals surface area contributed by atoms with Gasteiger partial charge in [-0.2, -0.15) is 0 Å². The van der Waals surface area contributed by atoms with Gasteiger partial charge in [-0.25, -0.2) is 4.39 Å². The fourth-order valence-corrected chi connectivity index (χ4v) is 3.39. The molecule has 1 atom stereocenters. The third-order valence-corrected chi connectivity index (χ3v) is 4.10. The van der Waals surface area contributed by atoms with Gasteiger partial charge >= 0.3 is 5.97 Å². The van der Waals surface area contributed by atoms with Crippen LogP contribution in [0.2, 0.25) is 0 Å². The predicted octanol–water partition coefficient (Wildman–Crippen LogP) is 2.38. The molecule has 0 saturated heterocycles. The van der Waals surface area contributed by atoms with Gasteiger partial charge in [-0.05, 0) is 43.0 Å². The lowest BCUT2D eigenvalue weighted by molar-refractivity contribution is -0.137. The molecular weight excluding hydrogens is 287 g/mol. The maximum atomic E-state index is 13.6. The zero-order chi connectivity index (χ0) is 15.9. The van der Waals surface area contributed by atoms with Crippen LogP contribution in [0.5, 0.6) is 0 Å². The summed E-state index contributed by atoms with van der Waals surface area (Å²) < 4.78 is 15.3. The lowest BCUT2D eigenvalue weighted by Gasteiger charge is -2.25. The van der Waals surface area contributed by atoms with Gasteiger partial charge in [0.2, 0.25) is 5.91 Å². The first-order valence-corrected chi connectivity index (χ1v) is 7.27. The van der Waals surface area contributed by atoms with Crippen LogP contribution < -0.4 is 5.32 Å². The molecular formula is C16H17FN2O3. The normalized spacial score (nSPS) is 17.3. The summed E-state index contributed by atoms with van der Waals surface area (Å²) in [4.78, 5) is 22.6. The highest BCUT2D eigenvalue weighted by Gasteiger charge is 2.29. The second-order valence-electron chi connectivity index (χ2n) is 5.65. The first-order valence-electron chi connectivity index (χ1n) is 7.27. The van der Waals surface area contributed by atoms with E-state index in [1.54, 1.807) is 10.6 Å². The monoisotopic (exact) mass is 304 g/mol. The number of amides is 1. The van der Waals surface area contributed by atoms with Gasteiger partial charge in [-0.15, -0.1) is 0 Å². The number of fused-ring (bicyclic) bond motifs is 3. The zero-order valence-corrected chi connectivity index (χ0v) is 12.2. The number of carbonyl (C=O) groups excluding carboxylic acids is 1. The third-order valence-electron chi connectivity index (χ3n) is 4.10. The number of benzene rings is 1. The van der Waals surface area contributed by atoms with Crippen LogP contribution in [0.3, 0.4) is 0 Å². The number of rotatable bonds is 3. The molecule has 6 heteroatoms. The molecule has 1 aromatic carbocycles. The van der Waals surface area contributed by atoms with E-state index in [-0.39, 0.29) is 24.3 Å². The maximum absolute atomic E-state index is 13.6. The van der Waals surface area contributed by atoms with Gasteiger partial charge in [0.15, 0.2) is 0 Å². The Morgan fingerprint density at radius 2 is 2.23 bits per heavy atom. The van der Waals surface area contributed by atoms with E-state index in [1.807, 2.05) is 0 Å². The largest absolute Gasteiger partial charge is 0.480 e. The second kappa shape index (κ2) is 5.44. The van der Waals surface area contributed by atoms with E-state index in [2.05, 4.69) is 5.32 Å². The highest BCUT2D eigenvalue weighted by molar-refractivity contribution is 5.88. The van der Waals surface area contributed by atoms with Crippen molar-refractivity contribution >= 4 is 22.8 Å². The number of aliphatic carboxylic acids is 1. The molecule has 116 valence electrons. The van der Waals surface area contributed by atoms with Crippen LogP contribution in [0.1, 0.15) is 37.1 Å². The van der Waals surface area contributed by atoms with Gasteiger partial charge in [-0.1, -0.05) is 0 Å². The molecule has 0 bridgehead atoms. The number of hydrogen-bond donors (Lipinski definition) is 2. The van der Waals surface area contributed by atoms with Gasteiger partial charge in [0.1, 0.15) is 12.4 Å². The average Bonchev–Trinajstić information content (AvgIpc) is 2.73. The molecule has 1 amide bonds. The Kier molecular flexibility index (Phi) is 3.60. The molecule has 1 aliphatic rings. The van der Waals surface area contributed by atoms with Crippen molar-refractivity contribution in [2.75, 3.05) is 0 Å². The number of carboxylic acids is 1. The summed E-state index contributed by atoms with van der Waals surface area (Å²) in [6.45, 7) is 1.24. The molecule has 1 heterocycles. The Balaban J connectivity index is 2.24. The fraction of sp³-hybridized carbons (Fsp3) is 0.375. The van der Waals surface area contributed by atoms with Crippen molar-refractivity contribution in [3.63, 3.8) is 0 Å². The van der Waals surface area contributed by atoms with Crippen LogP contribution in [0.25, 0.3) is 10.9 Å². The second-order valence-corrected chi connectivity index (χ2v) is 5.65. The molecule has 5 nitrogen and oxygen atoms in total. The summed E-state index contributed by atoms with van der Waals surface area (Å²) in [6, 6.07) is 4.16. The Morgan fingerprint density at radius 3 is 2.91 bits per heavy atom. The van der Waals surface area contributed by atoms with E-state index in [0.29, 0.717) is 5.52 Å². The number of aryl methyl sites for hydroxylation is 1. The summed E-state index contributed by atoms with van der Waals surface area (Å²) in [5, 5.41) is 12.8. The zero-order valence-electron chi connectivity index (χ0n) is 12.2. The number of aromatic nitrogens is 1. The first-order chi connectivity index (χ1) is 10.5. The molecule has 0 fully saturated rings. The van der Waals surface area contributed by atoms with Gasteiger partial charge in [0, 0.05) is 23.5 Å².